The minimum atomic E-state index is -1.22. The van der Waals surface area contributed by atoms with Crippen LogP contribution in [0.3, 0.4) is 0 Å². The summed E-state index contributed by atoms with van der Waals surface area (Å²) >= 11 is 0. The van der Waals surface area contributed by atoms with E-state index in [9.17, 15) is 14.7 Å². The Labute approximate surface area is 165 Å². The molecule has 24 heavy (non-hydrogen) atoms. The van der Waals surface area contributed by atoms with Crippen LogP contribution in [0, 0.1) is 5.92 Å². The van der Waals surface area contributed by atoms with E-state index in [0.717, 1.165) is 12.0 Å². The largest absolute Gasteiger partial charge is 1.00 e. The van der Waals surface area contributed by atoms with Crippen LogP contribution in [-0.2, 0) is 11.2 Å². The molecule has 1 aromatic rings. The molecule has 0 N–H and O–H groups in total. The number of ketones is 1. The second-order valence-corrected chi connectivity index (χ2v) is 6.01. The molecule has 0 heterocycles. The first-order valence-corrected chi connectivity index (χ1v) is 8.03. The molecule has 0 amide bonds. The van der Waals surface area contributed by atoms with E-state index in [4.69, 9.17) is 9.47 Å². The summed E-state index contributed by atoms with van der Waals surface area (Å²) in [6, 6.07) is 3.52. The maximum atomic E-state index is 12.3. The van der Waals surface area contributed by atoms with Crippen LogP contribution in [0.2, 0.25) is 0 Å². The van der Waals surface area contributed by atoms with Gasteiger partial charge in [-0.2, -0.15) is 0 Å². The Hall–Kier alpha value is -1.04. The Morgan fingerprint density at radius 2 is 1.71 bits per heavy atom. The standard InChI is InChI=1S/C18H24O5.Na/c1-22-16-11-17(23-2)14(15(19)7-8-18(20)21)10-13(16)9-12-5-3-4-6-12;/h10-12H,3-9H2,1-2H3,(H,20,21);/q;+1/p-1. The van der Waals surface area contributed by atoms with E-state index in [0.29, 0.717) is 23.0 Å². The van der Waals surface area contributed by atoms with Gasteiger partial charge in [0.15, 0.2) is 5.78 Å². The predicted molar refractivity (Wildman–Crippen MR) is 83.8 cm³/mol. The molecule has 0 radical (unpaired) electrons. The fourth-order valence-electron chi connectivity index (χ4n) is 3.22. The Morgan fingerprint density at radius 3 is 2.25 bits per heavy atom. The van der Waals surface area contributed by atoms with Crippen LogP contribution in [0.5, 0.6) is 11.5 Å². The van der Waals surface area contributed by atoms with Crippen LogP contribution in [0.25, 0.3) is 0 Å². The monoisotopic (exact) mass is 342 g/mol. The molecule has 1 aliphatic carbocycles. The molecule has 0 saturated heterocycles. The molecule has 0 aromatic heterocycles. The van der Waals surface area contributed by atoms with Gasteiger partial charge < -0.3 is 19.4 Å². The van der Waals surface area contributed by atoms with Gasteiger partial charge in [-0.05, 0) is 30.4 Å². The molecule has 0 bridgehead atoms. The van der Waals surface area contributed by atoms with Crippen LogP contribution >= 0.6 is 0 Å². The maximum absolute atomic E-state index is 12.3. The zero-order valence-corrected chi connectivity index (χ0v) is 16.7. The summed E-state index contributed by atoms with van der Waals surface area (Å²) in [5.74, 6) is 0.271. The Kier molecular flexibility index (Phi) is 8.81. The molecular weight excluding hydrogens is 319 g/mol. The molecule has 1 fully saturated rings. The molecule has 5 nitrogen and oxygen atoms in total. The van der Waals surface area contributed by atoms with Crippen molar-refractivity contribution in [2.24, 2.45) is 5.92 Å². The van der Waals surface area contributed by atoms with Crippen LogP contribution < -0.4 is 44.1 Å². The van der Waals surface area contributed by atoms with E-state index in [1.165, 1.54) is 32.8 Å². The van der Waals surface area contributed by atoms with Gasteiger partial charge in [0.25, 0.3) is 0 Å². The maximum Gasteiger partial charge on any atom is 1.00 e. The van der Waals surface area contributed by atoms with Gasteiger partial charge >= 0.3 is 29.6 Å². The third kappa shape index (κ3) is 5.50. The van der Waals surface area contributed by atoms with Crippen molar-refractivity contribution >= 4 is 11.8 Å². The molecular formula is C18H23NaO5. The first kappa shape index (κ1) is 21.0. The Bertz CT molecular complexity index is 579. The summed E-state index contributed by atoms with van der Waals surface area (Å²) in [5, 5.41) is 10.6. The normalized spacial score (nSPS) is 14.1. The van der Waals surface area contributed by atoms with Crippen LogP contribution in [-0.4, -0.2) is 26.0 Å². The molecule has 0 atom stereocenters. The van der Waals surface area contributed by atoms with Crippen molar-refractivity contribution in [2.75, 3.05) is 14.2 Å². The van der Waals surface area contributed by atoms with E-state index < -0.39 is 5.97 Å². The number of carboxylic acids is 1. The number of carboxylic acid groups (broad SMARTS) is 1. The summed E-state index contributed by atoms with van der Waals surface area (Å²) in [5.41, 5.74) is 1.40. The van der Waals surface area contributed by atoms with Gasteiger partial charge in [-0.1, -0.05) is 25.7 Å². The van der Waals surface area contributed by atoms with Gasteiger partial charge in [0.1, 0.15) is 11.5 Å². The summed E-state index contributed by atoms with van der Waals surface area (Å²) in [4.78, 5) is 22.9. The van der Waals surface area contributed by atoms with Gasteiger partial charge in [-0.15, -0.1) is 0 Å². The first-order valence-electron chi connectivity index (χ1n) is 8.03. The number of hydrogen-bond donors (Lipinski definition) is 0. The zero-order valence-electron chi connectivity index (χ0n) is 14.7. The molecule has 0 unspecified atom stereocenters. The summed E-state index contributed by atoms with van der Waals surface area (Å²) in [6.07, 6.45) is 5.39. The average molecular weight is 342 g/mol. The van der Waals surface area contributed by atoms with E-state index in [1.807, 2.05) is 0 Å². The summed E-state index contributed by atoms with van der Waals surface area (Å²) in [6.45, 7) is 0. The third-order valence-corrected chi connectivity index (χ3v) is 4.44. The van der Waals surface area contributed by atoms with Crippen molar-refractivity contribution < 1.29 is 53.7 Å². The second-order valence-electron chi connectivity index (χ2n) is 6.01. The van der Waals surface area contributed by atoms with Gasteiger partial charge in [-0.3, -0.25) is 4.79 Å². The number of Topliss-reactive ketones (excluding diaryl/α,β-unsaturated/α-hetero) is 1. The van der Waals surface area contributed by atoms with Crippen molar-refractivity contribution in [2.45, 2.75) is 44.9 Å². The van der Waals surface area contributed by atoms with Crippen LogP contribution in [0.1, 0.15) is 54.4 Å². The molecule has 1 saturated carbocycles. The molecule has 0 aliphatic heterocycles. The molecule has 2 rings (SSSR count). The molecule has 0 spiro atoms. The number of rotatable bonds is 8. The van der Waals surface area contributed by atoms with E-state index in [-0.39, 0.29) is 48.2 Å². The summed E-state index contributed by atoms with van der Waals surface area (Å²) in [7, 11) is 3.09. The smallest absolute Gasteiger partial charge is 0.550 e. The van der Waals surface area contributed by atoms with Crippen LogP contribution in [0.4, 0.5) is 0 Å². The third-order valence-electron chi connectivity index (χ3n) is 4.44. The number of methoxy groups -OCH3 is 2. The average Bonchev–Trinajstić information content (AvgIpc) is 3.05. The predicted octanol–water partition coefficient (Wildman–Crippen LogP) is -0.847. The first-order chi connectivity index (χ1) is 11.0. The second kappa shape index (κ2) is 10.1. The quantitative estimate of drug-likeness (QED) is 0.455. The summed E-state index contributed by atoms with van der Waals surface area (Å²) < 4.78 is 10.7. The van der Waals surface area contributed by atoms with Crippen molar-refractivity contribution in [3.05, 3.63) is 23.3 Å². The Morgan fingerprint density at radius 1 is 1.08 bits per heavy atom. The van der Waals surface area contributed by atoms with Gasteiger partial charge in [0.05, 0.1) is 19.8 Å². The SMILES string of the molecule is COc1cc(OC)c(C(=O)CCC(=O)[O-])cc1CC1CCCC1.[Na+]. The van der Waals surface area contributed by atoms with Gasteiger partial charge in [-0.25, -0.2) is 0 Å². The molecule has 6 heteroatoms. The van der Waals surface area contributed by atoms with Crippen molar-refractivity contribution in [3.63, 3.8) is 0 Å². The zero-order chi connectivity index (χ0) is 16.8. The number of carbonyl (C=O) groups is 2. The minimum absolute atomic E-state index is 0. The van der Waals surface area contributed by atoms with E-state index in [1.54, 1.807) is 19.2 Å². The number of hydrogen-bond acceptors (Lipinski definition) is 5. The molecule has 1 aromatic carbocycles. The fourth-order valence-corrected chi connectivity index (χ4v) is 3.22. The fraction of sp³-hybridized carbons (Fsp3) is 0.556. The van der Waals surface area contributed by atoms with Crippen molar-refractivity contribution in [1.29, 1.82) is 0 Å². The van der Waals surface area contributed by atoms with Crippen molar-refractivity contribution in [3.8, 4) is 11.5 Å². The van der Waals surface area contributed by atoms with Gasteiger partial charge in [0.2, 0.25) is 0 Å². The number of carbonyl (C=O) groups excluding carboxylic acids is 2. The number of benzene rings is 1. The van der Waals surface area contributed by atoms with Crippen molar-refractivity contribution in [1.82, 2.24) is 0 Å². The molecule has 126 valence electrons. The number of ether oxygens (including phenoxy) is 2. The molecule has 1 aliphatic rings. The van der Waals surface area contributed by atoms with Gasteiger partial charge in [0, 0.05) is 18.5 Å². The Balaban J connectivity index is 0.00000288. The number of aliphatic carboxylic acids is 1. The minimum Gasteiger partial charge on any atom is -0.550 e. The van der Waals surface area contributed by atoms with E-state index in [2.05, 4.69) is 0 Å². The van der Waals surface area contributed by atoms with E-state index >= 15 is 0 Å². The van der Waals surface area contributed by atoms with Crippen LogP contribution in [0.15, 0.2) is 12.1 Å². The topological polar surface area (TPSA) is 75.7 Å².